The molecule has 4 aromatic rings. The Morgan fingerprint density at radius 2 is 1.45 bits per heavy atom. The zero-order chi connectivity index (χ0) is 20.1. The Kier molecular flexibility index (Phi) is 5.56. The van der Waals surface area contributed by atoms with Gasteiger partial charge in [-0.25, -0.2) is 4.98 Å². The van der Waals surface area contributed by atoms with Crippen molar-refractivity contribution in [1.29, 1.82) is 0 Å². The van der Waals surface area contributed by atoms with Crippen molar-refractivity contribution < 1.29 is 9.47 Å². The van der Waals surface area contributed by atoms with Crippen LogP contribution in [0.5, 0.6) is 11.5 Å². The van der Waals surface area contributed by atoms with E-state index in [1.54, 1.807) is 6.21 Å². The van der Waals surface area contributed by atoms with Crippen molar-refractivity contribution in [3.63, 3.8) is 0 Å². The van der Waals surface area contributed by atoms with Gasteiger partial charge in [0.05, 0.1) is 36.1 Å². The fourth-order valence-electron chi connectivity index (χ4n) is 3.28. The second kappa shape index (κ2) is 8.61. The lowest BCUT2D eigenvalue weighted by Gasteiger charge is -2.11. The van der Waals surface area contributed by atoms with Crippen LogP contribution in [0.1, 0.15) is 19.4 Å². The third kappa shape index (κ3) is 3.99. The molecular weight excluding hydrogens is 362 g/mol. The van der Waals surface area contributed by atoms with E-state index in [1.807, 2.05) is 68.4 Å². The summed E-state index contributed by atoms with van der Waals surface area (Å²) < 4.78 is 11.3. The highest BCUT2D eigenvalue weighted by Gasteiger charge is 2.08. The minimum absolute atomic E-state index is 0.577. The molecule has 0 saturated carbocycles. The number of pyridine rings is 1. The van der Waals surface area contributed by atoms with Gasteiger partial charge in [-0.05, 0) is 49.7 Å². The van der Waals surface area contributed by atoms with Crippen LogP contribution in [0.25, 0.3) is 21.8 Å². The van der Waals surface area contributed by atoms with Gasteiger partial charge in [-0.1, -0.05) is 36.4 Å². The van der Waals surface area contributed by atoms with Crippen LogP contribution in [-0.4, -0.2) is 24.4 Å². The summed E-state index contributed by atoms with van der Waals surface area (Å²) in [6.45, 7) is 5.08. The van der Waals surface area contributed by atoms with Crippen molar-refractivity contribution in [2.24, 2.45) is 5.10 Å². The average molecular weight is 385 g/mol. The summed E-state index contributed by atoms with van der Waals surface area (Å²) >= 11 is 0. The molecule has 0 aliphatic rings. The molecule has 0 amide bonds. The molecule has 0 aliphatic carbocycles. The number of hydrogen-bond acceptors (Lipinski definition) is 5. The third-order valence-electron chi connectivity index (χ3n) is 4.55. The Balaban J connectivity index is 1.67. The molecule has 0 aliphatic heterocycles. The van der Waals surface area contributed by atoms with Crippen molar-refractivity contribution in [1.82, 2.24) is 4.98 Å². The maximum atomic E-state index is 5.69. The van der Waals surface area contributed by atoms with Crippen LogP contribution in [-0.2, 0) is 0 Å². The number of para-hydroxylation sites is 2. The lowest BCUT2D eigenvalue weighted by molar-refractivity contribution is 0.288. The number of ether oxygens (including phenoxy) is 2. The first-order valence-electron chi connectivity index (χ1n) is 9.76. The van der Waals surface area contributed by atoms with Gasteiger partial charge in [0.25, 0.3) is 0 Å². The SMILES string of the molecule is CCOc1ccc(C=NNc2c3ccccc3nc3ccccc23)cc1OCC. The Hall–Kier alpha value is -3.60. The van der Waals surface area contributed by atoms with Gasteiger partial charge in [0.15, 0.2) is 11.5 Å². The van der Waals surface area contributed by atoms with Crippen LogP contribution in [0.15, 0.2) is 71.8 Å². The molecule has 0 fully saturated rings. The number of benzene rings is 3. The topological polar surface area (TPSA) is 55.7 Å². The molecular formula is C24H23N3O2. The van der Waals surface area contributed by atoms with Crippen molar-refractivity contribution in [2.75, 3.05) is 18.6 Å². The summed E-state index contributed by atoms with van der Waals surface area (Å²) in [7, 11) is 0. The molecule has 1 N–H and O–H groups in total. The number of nitrogens with zero attached hydrogens (tertiary/aromatic N) is 2. The van der Waals surface area contributed by atoms with Gasteiger partial charge < -0.3 is 9.47 Å². The summed E-state index contributed by atoms with van der Waals surface area (Å²) in [5.41, 5.74) is 6.96. The number of hydrogen-bond donors (Lipinski definition) is 1. The monoisotopic (exact) mass is 385 g/mol. The number of nitrogens with one attached hydrogen (secondary N) is 1. The minimum atomic E-state index is 0.577. The number of aromatic nitrogens is 1. The van der Waals surface area contributed by atoms with Gasteiger partial charge in [0, 0.05) is 10.8 Å². The van der Waals surface area contributed by atoms with Gasteiger partial charge in [-0.2, -0.15) is 5.10 Å². The summed E-state index contributed by atoms with van der Waals surface area (Å²) in [6.07, 6.45) is 1.78. The first-order chi connectivity index (χ1) is 14.3. The predicted molar refractivity (Wildman–Crippen MR) is 119 cm³/mol. The number of hydrazone groups is 1. The molecule has 0 bridgehead atoms. The van der Waals surface area contributed by atoms with E-state index in [9.17, 15) is 0 Å². The molecule has 29 heavy (non-hydrogen) atoms. The molecule has 1 heterocycles. The first kappa shape index (κ1) is 18.7. The second-order valence-electron chi connectivity index (χ2n) is 6.46. The molecule has 4 rings (SSSR count). The molecule has 1 aromatic heterocycles. The van der Waals surface area contributed by atoms with Crippen LogP contribution >= 0.6 is 0 Å². The molecule has 0 saturated heterocycles. The first-order valence-corrected chi connectivity index (χ1v) is 9.76. The van der Waals surface area contributed by atoms with Gasteiger partial charge >= 0.3 is 0 Å². The quantitative estimate of drug-likeness (QED) is 0.254. The van der Waals surface area contributed by atoms with E-state index in [4.69, 9.17) is 14.5 Å². The van der Waals surface area contributed by atoms with Crippen LogP contribution in [0, 0.1) is 0 Å². The average Bonchev–Trinajstić information content (AvgIpc) is 2.75. The van der Waals surface area contributed by atoms with Gasteiger partial charge in [0.1, 0.15) is 0 Å². The van der Waals surface area contributed by atoms with Gasteiger partial charge in [-0.15, -0.1) is 0 Å². The zero-order valence-electron chi connectivity index (χ0n) is 16.6. The van der Waals surface area contributed by atoms with E-state index >= 15 is 0 Å². The Morgan fingerprint density at radius 1 is 0.828 bits per heavy atom. The largest absolute Gasteiger partial charge is 0.490 e. The van der Waals surface area contributed by atoms with Crippen LogP contribution < -0.4 is 14.9 Å². The van der Waals surface area contributed by atoms with E-state index in [-0.39, 0.29) is 0 Å². The highest BCUT2D eigenvalue weighted by molar-refractivity contribution is 6.07. The number of fused-ring (bicyclic) bond motifs is 2. The van der Waals surface area contributed by atoms with E-state index in [2.05, 4.69) is 22.7 Å². The Morgan fingerprint density at radius 3 is 2.10 bits per heavy atom. The fourth-order valence-corrected chi connectivity index (χ4v) is 3.28. The standard InChI is InChI=1S/C24H23N3O2/c1-3-28-22-14-13-17(15-23(22)29-4-2)16-25-27-24-18-9-5-7-11-20(18)26-21-12-8-6-10-19(21)24/h5-16H,3-4H2,1-2H3,(H,26,27). The van der Waals surface area contributed by atoms with Crippen LogP contribution in [0.4, 0.5) is 5.69 Å². The third-order valence-corrected chi connectivity index (χ3v) is 4.55. The molecule has 0 radical (unpaired) electrons. The van der Waals surface area contributed by atoms with Crippen molar-refractivity contribution in [3.8, 4) is 11.5 Å². The van der Waals surface area contributed by atoms with Crippen molar-refractivity contribution in [2.45, 2.75) is 13.8 Å². The highest BCUT2D eigenvalue weighted by atomic mass is 16.5. The van der Waals surface area contributed by atoms with E-state index in [1.165, 1.54) is 0 Å². The zero-order valence-corrected chi connectivity index (χ0v) is 16.6. The smallest absolute Gasteiger partial charge is 0.161 e. The van der Waals surface area contributed by atoms with E-state index in [0.29, 0.717) is 13.2 Å². The summed E-state index contributed by atoms with van der Waals surface area (Å²) in [6, 6.07) is 21.9. The van der Waals surface area contributed by atoms with Gasteiger partial charge in [-0.3, -0.25) is 5.43 Å². The lowest BCUT2D eigenvalue weighted by atomic mass is 10.1. The van der Waals surface area contributed by atoms with Crippen molar-refractivity contribution >= 4 is 33.7 Å². The normalized spacial score (nSPS) is 11.2. The number of rotatable bonds is 7. The summed E-state index contributed by atoms with van der Waals surface area (Å²) in [5, 5.41) is 6.55. The van der Waals surface area contributed by atoms with Gasteiger partial charge in [0.2, 0.25) is 0 Å². The van der Waals surface area contributed by atoms with Crippen LogP contribution in [0.2, 0.25) is 0 Å². The maximum Gasteiger partial charge on any atom is 0.161 e. The lowest BCUT2D eigenvalue weighted by Crippen LogP contribution is -1.99. The fraction of sp³-hybridized carbons (Fsp3) is 0.167. The predicted octanol–water partition coefficient (Wildman–Crippen LogP) is 5.63. The number of anilines is 1. The highest BCUT2D eigenvalue weighted by Crippen LogP contribution is 2.31. The van der Waals surface area contributed by atoms with E-state index in [0.717, 1.165) is 44.6 Å². The Labute approximate surface area is 170 Å². The molecule has 3 aromatic carbocycles. The van der Waals surface area contributed by atoms with Crippen LogP contribution in [0.3, 0.4) is 0 Å². The summed E-state index contributed by atoms with van der Waals surface area (Å²) in [4.78, 5) is 4.74. The second-order valence-corrected chi connectivity index (χ2v) is 6.46. The minimum Gasteiger partial charge on any atom is -0.490 e. The molecule has 0 atom stereocenters. The molecule has 146 valence electrons. The summed E-state index contributed by atoms with van der Waals surface area (Å²) in [5.74, 6) is 1.46. The Bertz CT molecular complexity index is 1120. The van der Waals surface area contributed by atoms with Crippen molar-refractivity contribution in [3.05, 3.63) is 72.3 Å². The van der Waals surface area contributed by atoms with E-state index < -0.39 is 0 Å². The molecule has 0 spiro atoms. The molecule has 5 nitrogen and oxygen atoms in total. The molecule has 0 unspecified atom stereocenters. The maximum absolute atomic E-state index is 5.69. The molecule has 5 heteroatoms.